The molecule has 12 heavy (non-hydrogen) atoms. The Morgan fingerprint density at radius 3 is 2.00 bits per heavy atom. The largest absolute Gasteiger partial charge is 0.456 e. The molecular weight excluding hydrogens is 158 g/mol. The summed E-state index contributed by atoms with van der Waals surface area (Å²) in [5, 5.41) is 2.21. The van der Waals surface area contributed by atoms with Gasteiger partial charge in [-0.05, 0) is 12.1 Å². The van der Waals surface area contributed by atoms with Gasteiger partial charge in [-0.25, -0.2) is 0 Å². The van der Waals surface area contributed by atoms with E-state index in [1.807, 2.05) is 0 Å². The van der Waals surface area contributed by atoms with Crippen molar-refractivity contribution in [1.29, 1.82) is 0 Å². The Morgan fingerprint density at radius 2 is 1.50 bits per heavy atom. The first-order chi connectivity index (χ1) is 5.77. The van der Waals surface area contributed by atoms with Crippen molar-refractivity contribution in [3.05, 3.63) is 23.3 Å². The van der Waals surface area contributed by atoms with Gasteiger partial charge in [-0.3, -0.25) is 14.9 Å². The van der Waals surface area contributed by atoms with E-state index in [1.54, 1.807) is 12.1 Å². The average molecular weight is 161 g/mol. The number of carbonyl (C=O) groups is 2. The Labute approximate surface area is 66.5 Å². The van der Waals surface area contributed by atoms with Crippen LogP contribution in [0, 0.1) is 0 Å². The van der Waals surface area contributed by atoms with E-state index < -0.39 is 0 Å². The molecule has 2 aromatic heterocycles. The second-order valence-electron chi connectivity index (χ2n) is 2.70. The van der Waals surface area contributed by atoms with Gasteiger partial charge in [0.15, 0.2) is 0 Å². The van der Waals surface area contributed by atoms with E-state index in [2.05, 4.69) is 5.32 Å². The average Bonchev–Trinajstić information content (AvgIpc) is 2.64. The molecule has 2 amide bonds. The predicted octanol–water partition coefficient (Wildman–Crippen LogP) is 0.754. The maximum Gasteiger partial charge on any atom is 0.262 e. The summed E-state index contributed by atoms with van der Waals surface area (Å²) >= 11 is 0. The lowest BCUT2D eigenvalue weighted by Crippen LogP contribution is -2.20. The van der Waals surface area contributed by atoms with E-state index in [4.69, 9.17) is 4.42 Å². The van der Waals surface area contributed by atoms with Crippen LogP contribution in [0.5, 0.6) is 0 Å². The molecule has 0 radical (unpaired) electrons. The first-order valence-electron chi connectivity index (χ1n) is 3.48. The van der Waals surface area contributed by atoms with Crippen molar-refractivity contribution in [2.24, 2.45) is 0 Å². The SMILES string of the molecule is O=C1NC(=O)c2c1c1ccc2o1. The van der Waals surface area contributed by atoms with Gasteiger partial charge in [-0.1, -0.05) is 0 Å². The lowest BCUT2D eigenvalue weighted by molar-refractivity contribution is 0.0879. The van der Waals surface area contributed by atoms with Crippen LogP contribution in [0.2, 0.25) is 0 Å². The highest BCUT2D eigenvalue weighted by Crippen LogP contribution is 2.31. The summed E-state index contributed by atoms with van der Waals surface area (Å²) in [7, 11) is 0. The highest BCUT2D eigenvalue weighted by molar-refractivity contribution is 6.27. The molecule has 4 nitrogen and oxygen atoms in total. The number of fused-ring (bicyclic) bond motifs is 5. The number of imide groups is 1. The monoisotopic (exact) mass is 161 g/mol. The first-order valence-corrected chi connectivity index (χ1v) is 3.48. The number of hydrogen-bond donors (Lipinski definition) is 1. The Hall–Kier alpha value is -1.84. The third-order valence-corrected chi connectivity index (χ3v) is 2.03. The molecule has 1 N–H and O–H groups in total. The minimum Gasteiger partial charge on any atom is -0.456 e. The molecular formula is C8H3NO3. The topological polar surface area (TPSA) is 59.3 Å². The molecule has 0 spiro atoms. The lowest BCUT2D eigenvalue weighted by atomic mass is 10.1. The Kier molecular flexibility index (Phi) is 0.721. The molecule has 0 aromatic carbocycles. The first kappa shape index (κ1) is 5.77. The fraction of sp³-hybridized carbons (Fsp3) is 0. The van der Waals surface area contributed by atoms with E-state index >= 15 is 0 Å². The molecule has 0 fully saturated rings. The number of nitrogens with one attached hydrogen (secondary N) is 1. The zero-order valence-corrected chi connectivity index (χ0v) is 5.88. The number of rotatable bonds is 0. The van der Waals surface area contributed by atoms with Gasteiger partial charge in [0.2, 0.25) is 0 Å². The Morgan fingerprint density at radius 1 is 1.00 bits per heavy atom. The fourth-order valence-electron chi connectivity index (χ4n) is 1.53. The van der Waals surface area contributed by atoms with Gasteiger partial charge in [0.1, 0.15) is 11.2 Å². The van der Waals surface area contributed by atoms with E-state index in [9.17, 15) is 9.59 Å². The second-order valence-corrected chi connectivity index (χ2v) is 2.70. The standard InChI is InChI=1S/C8H3NO3/c10-7-5-3-1-2-4(12-3)6(5)8(11)9-7/h1-2H,(H,9,10,11). The summed E-state index contributed by atoms with van der Waals surface area (Å²) in [4.78, 5) is 22.2. The smallest absolute Gasteiger partial charge is 0.262 e. The highest BCUT2D eigenvalue weighted by Gasteiger charge is 2.34. The maximum absolute atomic E-state index is 11.1. The summed E-state index contributed by atoms with van der Waals surface area (Å²) in [5.41, 5.74) is 1.75. The molecule has 0 unspecified atom stereocenters. The van der Waals surface area contributed by atoms with Gasteiger partial charge >= 0.3 is 0 Å². The van der Waals surface area contributed by atoms with Crippen LogP contribution in [-0.4, -0.2) is 11.8 Å². The minimum atomic E-state index is -0.357. The number of carbonyl (C=O) groups excluding carboxylic acids is 2. The molecule has 0 saturated carbocycles. The highest BCUT2D eigenvalue weighted by atomic mass is 16.3. The van der Waals surface area contributed by atoms with Crippen LogP contribution in [-0.2, 0) is 0 Å². The van der Waals surface area contributed by atoms with E-state index in [0.717, 1.165) is 0 Å². The van der Waals surface area contributed by atoms with Crippen LogP contribution < -0.4 is 5.32 Å². The van der Waals surface area contributed by atoms with Crippen molar-refractivity contribution < 1.29 is 14.0 Å². The molecule has 0 atom stereocenters. The van der Waals surface area contributed by atoms with Gasteiger partial charge in [0, 0.05) is 0 Å². The summed E-state index contributed by atoms with van der Waals surface area (Å²) in [6, 6.07) is 3.37. The molecule has 4 heteroatoms. The van der Waals surface area contributed by atoms with Crippen LogP contribution in [0.4, 0.5) is 0 Å². The van der Waals surface area contributed by atoms with Crippen molar-refractivity contribution in [3.63, 3.8) is 0 Å². The predicted molar refractivity (Wildman–Crippen MR) is 39.2 cm³/mol. The van der Waals surface area contributed by atoms with Gasteiger partial charge in [0.05, 0.1) is 11.1 Å². The van der Waals surface area contributed by atoms with Gasteiger partial charge < -0.3 is 4.42 Å². The zero-order chi connectivity index (χ0) is 8.29. The molecule has 1 aliphatic rings. The second kappa shape index (κ2) is 1.50. The van der Waals surface area contributed by atoms with Gasteiger partial charge in [-0.15, -0.1) is 0 Å². The molecule has 3 heterocycles. The third kappa shape index (κ3) is 0.431. The van der Waals surface area contributed by atoms with Crippen molar-refractivity contribution in [1.82, 2.24) is 5.32 Å². The summed E-state index contributed by atoms with van der Waals surface area (Å²) in [6.45, 7) is 0. The van der Waals surface area contributed by atoms with Crippen LogP contribution in [0.3, 0.4) is 0 Å². The summed E-state index contributed by atoms with van der Waals surface area (Å²) < 4.78 is 5.15. The molecule has 58 valence electrons. The number of benzene rings is 1. The van der Waals surface area contributed by atoms with Gasteiger partial charge in [0.25, 0.3) is 11.8 Å². The van der Waals surface area contributed by atoms with E-state index in [-0.39, 0.29) is 11.8 Å². The molecule has 2 bridgehead atoms. The number of furan rings is 2. The van der Waals surface area contributed by atoms with Crippen LogP contribution in [0.1, 0.15) is 20.7 Å². The lowest BCUT2D eigenvalue weighted by Gasteiger charge is -1.85. The van der Waals surface area contributed by atoms with Crippen molar-refractivity contribution in [3.8, 4) is 0 Å². The molecule has 0 aliphatic carbocycles. The number of hydrogen-bond acceptors (Lipinski definition) is 3. The van der Waals surface area contributed by atoms with Gasteiger partial charge in [-0.2, -0.15) is 0 Å². The maximum atomic E-state index is 11.1. The Bertz CT molecular complexity index is 454. The Balaban J connectivity index is 2.54. The van der Waals surface area contributed by atoms with E-state index in [1.165, 1.54) is 0 Å². The molecule has 2 aromatic rings. The summed E-state index contributed by atoms with van der Waals surface area (Å²) in [5.74, 6) is -0.714. The molecule has 3 rings (SSSR count). The normalized spacial score (nSPS) is 15.7. The van der Waals surface area contributed by atoms with Crippen LogP contribution in [0.25, 0.3) is 11.2 Å². The van der Waals surface area contributed by atoms with Crippen LogP contribution >= 0.6 is 0 Å². The van der Waals surface area contributed by atoms with E-state index in [0.29, 0.717) is 22.3 Å². The molecule has 0 saturated heterocycles. The zero-order valence-electron chi connectivity index (χ0n) is 5.88. The van der Waals surface area contributed by atoms with Crippen molar-refractivity contribution >= 4 is 23.0 Å². The number of amides is 2. The third-order valence-electron chi connectivity index (χ3n) is 2.03. The van der Waals surface area contributed by atoms with Crippen LogP contribution in [0.15, 0.2) is 16.5 Å². The molecule has 1 aliphatic heterocycles. The minimum absolute atomic E-state index is 0.357. The summed E-state index contributed by atoms with van der Waals surface area (Å²) in [6.07, 6.45) is 0. The quantitative estimate of drug-likeness (QED) is 0.580. The fourth-order valence-corrected chi connectivity index (χ4v) is 1.53. The van der Waals surface area contributed by atoms with Crippen molar-refractivity contribution in [2.75, 3.05) is 0 Å². The van der Waals surface area contributed by atoms with Crippen molar-refractivity contribution in [2.45, 2.75) is 0 Å².